The van der Waals surface area contributed by atoms with Gasteiger partial charge < -0.3 is 20.5 Å². The molecule has 1 aliphatic rings. The lowest BCUT2D eigenvalue weighted by Crippen LogP contribution is -2.44. The van der Waals surface area contributed by atoms with Gasteiger partial charge in [0.1, 0.15) is 5.82 Å². The third kappa shape index (κ3) is 6.23. The number of nitrogens with zero attached hydrogens (tertiary/aromatic N) is 1. The third-order valence-corrected chi connectivity index (χ3v) is 4.03. The minimum absolute atomic E-state index is 0. The Hall–Kier alpha value is -0.930. The van der Waals surface area contributed by atoms with E-state index in [1.54, 1.807) is 13.1 Å². The second kappa shape index (κ2) is 10.0. The van der Waals surface area contributed by atoms with Gasteiger partial charge in [0.25, 0.3) is 0 Å². The first-order valence-electron chi connectivity index (χ1n) is 7.55. The van der Waals surface area contributed by atoms with E-state index in [4.69, 9.17) is 4.74 Å². The average Bonchev–Trinajstić information content (AvgIpc) is 2.97. The lowest BCUT2D eigenvalue weighted by molar-refractivity contribution is 0.127. The van der Waals surface area contributed by atoms with E-state index >= 15 is 0 Å². The van der Waals surface area contributed by atoms with Crippen LogP contribution in [-0.4, -0.2) is 44.5 Å². The summed E-state index contributed by atoms with van der Waals surface area (Å²) in [6.45, 7) is 2.73. The number of aliphatic imine (C=N–C) groups is 1. The van der Waals surface area contributed by atoms with Gasteiger partial charge in [-0.2, -0.15) is 0 Å². The Morgan fingerprint density at radius 2 is 2.26 bits per heavy atom. The summed E-state index contributed by atoms with van der Waals surface area (Å²) in [5.41, 5.74) is 0.822. The van der Waals surface area contributed by atoms with Crippen LogP contribution in [-0.2, 0) is 11.3 Å². The van der Waals surface area contributed by atoms with Crippen molar-refractivity contribution in [3.8, 4) is 0 Å². The van der Waals surface area contributed by atoms with Crippen LogP contribution in [0.3, 0.4) is 0 Å². The molecule has 0 bridgehead atoms. The first-order chi connectivity index (χ1) is 10.7. The predicted molar refractivity (Wildman–Crippen MR) is 99.6 cm³/mol. The summed E-state index contributed by atoms with van der Waals surface area (Å²) in [5.74, 6) is 0.417. The predicted octanol–water partition coefficient (Wildman–Crippen LogP) is 1.90. The van der Waals surface area contributed by atoms with E-state index in [1.807, 2.05) is 6.07 Å². The van der Waals surface area contributed by atoms with Crippen molar-refractivity contribution in [2.75, 3.05) is 33.4 Å². The van der Waals surface area contributed by atoms with Crippen LogP contribution >= 0.6 is 24.0 Å². The SMILES string of the molecule is CN=C(NCc1cccc(F)c1)NCC1(CCO)CCOC1.I. The van der Waals surface area contributed by atoms with Crippen molar-refractivity contribution in [2.45, 2.75) is 19.4 Å². The van der Waals surface area contributed by atoms with Gasteiger partial charge in [-0.3, -0.25) is 4.99 Å². The van der Waals surface area contributed by atoms with Crippen LogP contribution in [0.4, 0.5) is 4.39 Å². The number of nitrogens with one attached hydrogen (secondary N) is 2. The molecule has 0 saturated carbocycles. The van der Waals surface area contributed by atoms with E-state index < -0.39 is 0 Å². The quantitative estimate of drug-likeness (QED) is 0.362. The van der Waals surface area contributed by atoms with Crippen LogP contribution < -0.4 is 10.6 Å². The Bertz CT molecular complexity index is 508. The van der Waals surface area contributed by atoms with Gasteiger partial charge in [-0.1, -0.05) is 12.1 Å². The van der Waals surface area contributed by atoms with Crippen molar-refractivity contribution in [1.82, 2.24) is 10.6 Å². The molecule has 7 heteroatoms. The molecule has 1 fully saturated rings. The van der Waals surface area contributed by atoms with E-state index in [-0.39, 0.29) is 41.8 Å². The minimum atomic E-state index is -0.243. The summed E-state index contributed by atoms with van der Waals surface area (Å²) < 4.78 is 18.6. The number of hydrogen-bond acceptors (Lipinski definition) is 3. The highest BCUT2D eigenvalue weighted by Gasteiger charge is 2.34. The molecule has 1 aromatic rings. The molecule has 0 aromatic heterocycles. The molecule has 1 aromatic carbocycles. The summed E-state index contributed by atoms with van der Waals surface area (Å²) in [5, 5.41) is 15.7. The second-order valence-electron chi connectivity index (χ2n) is 5.69. The molecule has 2 rings (SSSR count). The van der Waals surface area contributed by atoms with E-state index in [0.29, 0.717) is 32.1 Å². The molecular formula is C16H25FIN3O2. The Balaban J connectivity index is 0.00000264. The van der Waals surface area contributed by atoms with Crippen LogP contribution in [0, 0.1) is 11.2 Å². The highest BCUT2D eigenvalue weighted by atomic mass is 127. The standard InChI is InChI=1S/C16H24FN3O2.HI/c1-18-15(19-10-13-3-2-4-14(17)9-13)20-11-16(5-7-21)6-8-22-12-16;/h2-4,9,21H,5-8,10-12H2,1H3,(H2,18,19,20);1H. The molecular weight excluding hydrogens is 412 g/mol. The maximum atomic E-state index is 13.1. The van der Waals surface area contributed by atoms with Gasteiger partial charge >= 0.3 is 0 Å². The summed E-state index contributed by atoms with van der Waals surface area (Å²) >= 11 is 0. The number of aliphatic hydroxyl groups excluding tert-OH is 1. The fraction of sp³-hybridized carbons (Fsp3) is 0.562. The molecule has 5 nitrogen and oxygen atoms in total. The number of guanidine groups is 1. The molecule has 1 heterocycles. The van der Waals surface area contributed by atoms with Crippen molar-refractivity contribution in [3.63, 3.8) is 0 Å². The molecule has 23 heavy (non-hydrogen) atoms. The molecule has 1 aliphatic heterocycles. The topological polar surface area (TPSA) is 65.9 Å². The van der Waals surface area contributed by atoms with Gasteiger partial charge in [-0.15, -0.1) is 24.0 Å². The van der Waals surface area contributed by atoms with Gasteiger partial charge in [0.2, 0.25) is 0 Å². The lowest BCUT2D eigenvalue weighted by Gasteiger charge is -2.27. The first-order valence-corrected chi connectivity index (χ1v) is 7.55. The molecule has 0 amide bonds. The highest BCUT2D eigenvalue weighted by Crippen LogP contribution is 2.31. The van der Waals surface area contributed by atoms with Gasteiger partial charge in [0.15, 0.2) is 5.96 Å². The number of ether oxygens (including phenoxy) is 1. The van der Waals surface area contributed by atoms with E-state index in [2.05, 4.69) is 15.6 Å². The van der Waals surface area contributed by atoms with Crippen LogP contribution in [0.15, 0.2) is 29.3 Å². The molecule has 3 N–H and O–H groups in total. The molecule has 1 saturated heterocycles. The van der Waals surface area contributed by atoms with Crippen LogP contribution in [0.25, 0.3) is 0 Å². The molecule has 0 spiro atoms. The van der Waals surface area contributed by atoms with Crippen LogP contribution in [0.5, 0.6) is 0 Å². The highest BCUT2D eigenvalue weighted by molar-refractivity contribution is 14.0. The van der Waals surface area contributed by atoms with Crippen molar-refractivity contribution in [3.05, 3.63) is 35.6 Å². The van der Waals surface area contributed by atoms with Crippen LogP contribution in [0.1, 0.15) is 18.4 Å². The molecule has 0 radical (unpaired) electrons. The zero-order chi connectivity index (χ0) is 15.8. The number of aliphatic hydroxyl groups is 1. The maximum Gasteiger partial charge on any atom is 0.191 e. The molecule has 130 valence electrons. The summed E-state index contributed by atoms with van der Waals surface area (Å²) in [6.07, 6.45) is 1.64. The number of benzene rings is 1. The van der Waals surface area contributed by atoms with Crippen molar-refractivity contribution >= 4 is 29.9 Å². The smallest absolute Gasteiger partial charge is 0.191 e. The number of rotatable bonds is 6. The number of hydrogen-bond donors (Lipinski definition) is 3. The fourth-order valence-corrected chi connectivity index (χ4v) is 2.64. The maximum absolute atomic E-state index is 13.1. The lowest BCUT2D eigenvalue weighted by atomic mass is 9.84. The minimum Gasteiger partial charge on any atom is -0.396 e. The Kier molecular flexibility index (Phi) is 8.78. The number of halogens is 2. The van der Waals surface area contributed by atoms with Gasteiger partial charge in [-0.25, -0.2) is 4.39 Å². The molecule has 1 atom stereocenters. The zero-order valence-corrected chi connectivity index (χ0v) is 15.7. The van der Waals surface area contributed by atoms with Gasteiger partial charge in [0.05, 0.1) is 6.61 Å². The summed E-state index contributed by atoms with van der Waals surface area (Å²) in [6, 6.07) is 6.48. The molecule has 0 aliphatic carbocycles. The monoisotopic (exact) mass is 437 g/mol. The van der Waals surface area contributed by atoms with Crippen molar-refractivity contribution in [2.24, 2.45) is 10.4 Å². The van der Waals surface area contributed by atoms with E-state index in [1.165, 1.54) is 12.1 Å². The first kappa shape index (κ1) is 20.1. The largest absolute Gasteiger partial charge is 0.396 e. The molecule has 1 unspecified atom stereocenters. The Labute approximate surface area is 153 Å². The third-order valence-electron chi connectivity index (χ3n) is 4.03. The van der Waals surface area contributed by atoms with E-state index in [9.17, 15) is 9.50 Å². The summed E-state index contributed by atoms with van der Waals surface area (Å²) in [4.78, 5) is 4.18. The van der Waals surface area contributed by atoms with Crippen LogP contribution in [0.2, 0.25) is 0 Å². The Morgan fingerprint density at radius 3 is 2.87 bits per heavy atom. The Morgan fingerprint density at radius 1 is 1.43 bits per heavy atom. The fourth-order valence-electron chi connectivity index (χ4n) is 2.64. The zero-order valence-electron chi connectivity index (χ0n) is 13.3. The van der Waals surface area contributed by atoms with Gasteiger partial charge in [-0.05, 0) is 30.5 Å². The summed E-state index contributed by atoms with van der Waals surface area (Å²) in [7, 11) is 1.70. The second-order valence-corrected chi connectivity index (χ2v) is 5.69. The normalized spacial score (nSPS) is 20.9. The van der Waals surface area contributed by atoms with E-state index in [0.717, 1.165) is 18.6 Å². The average molecular weight is 437 g/mol. The van der Waals surface area contributed by atoms with Gasteiger partial charge in [0, 0.05) is 38.8 Å². The van der Waals surface area contributed by atoms with Crippen molar-refractivity contribution in [1.29, 1.82) is 0 Å². The van der Waals surface area contributed by atoms with Crippen molar-refractivity contribution < 1.29 is 14.2 Å².